The number of unbranched alkanes of at least 4 members (excludes halogenated alkanes) is 10. The van der Waals surface area contributed by atoms with E-state index in [4.69, 9.17) is 4.74 Å². The Balaban J connectivity index is 2.83. The first-order valence-corrected chi connectivity index (χ1v) is 7.28. The monoisotopic (exact) mass is 227 g/mol. The third kappa shape index (κ3) is 14.0. The van der Waals surface area contributed by atoms with Gasteiger partial charge in [0.1, 0.15) is 0 Å². The van der Waals surface area contributed by atoms with Crippen molar-refractivity contribution in [1.29, 1.82) is 0 Å². The van der Waals surface area contributed by atoms with Crippen molar-refractivity contribution in [3.05, 3.63) is 6.92 Å². The van der Waals surface area contributed by atoms with Gasteiger partial charge in [-0.15, -0.1) is 0 Å². The van der Waals surface area contributed by atoms with E-state index in [9.17, 15) is 0 Å². The summed E-state index contributed by atoms with van der Waals surface area (Å²) in [5, 5.41) is 0. The lowest BCUT2D eigenvalue weighted by Crippen LogP contribution is -1.92. The van der Waals surface area contributed by atoms with E-state index in [0.29, 0.717) is 0 Å². The van der Waals surface area contributed by atoms with Crippen LogP contribution in [-0.4, -0.2) is 13.2 Å². The largest absolute Gasteiger partial charge is 0.382 e. The maximum absolute atomic E-state index is 5.31. The van der Waals surface area contributed by atoms with Gasteiger partial charge in [-0.25, -0.2) is 0 Å². The zero-order chi connectivity index (χ0) is 11.9. The lowest BCUT2D eigenvalue weighted by atomic mass is 10.1. The average molecular weight is 227 g/mol. The van der Waals surface area contributed by atoms with Gasteiger partial charge >= 0.3 is 0 Å². The molecule has 0 saturated heterocycles. The van der Waals surface area contributed by atoms with Gasteiger partial charge in [0, 0.05) is 13.2 Å². The molecule has 1 nitrogen and oxygen atoms in total. The topological polar surface area (TPSA) is 9.23 Å². The van der Waals surface area contributed by atoms with Crippen LogP contribution in [0.15, 0.2) is 0 Å². The van der Waals surface area contributed by atoms with E-state index in [1.807, 2.05) is 0 Å². The molecule has 0 atom stereocenters. The van der Waals surface area contributed by atoms with Crippen molar-refractivity contribution in [3.63, 3.8) is 0 Å². The van der Waals surface area contributed by atoms with Crippen molar-refractivity contribution < 1.29 is 4.74 Å². The predicted octanol–water partition coefficient (Wildman–Crippen LogP) is 5.15. The highest BCUT2D eigenvalue weighted by Gasteiger charge is 1.92. The van der Waals surface area contributed by atoms with Crippen LogP contribution in [0.5, 0.6) is 0 Å². The highest BCUT2D eigenvalue weighted by Crippen LogP contribution is 2.11. The lowest BCUT2D eigenvalue weighted by molar-refractivity contribution is 0.143. The lowest BCUT2D eigenvalue weighted by Gasteiger charge is -2.02. The van der Waals surface area contributed by atoms with Gasteiger partial charge in [0.25, 0.3) is 0 Å². The van der Waals surface area contributed by atoms with Crippen molar-refractivity contribution in [2.45, 2.75) is 77.6 Å². The molecule has 0 saturated carbocycles. The summed E-state index contributed by atoms with van der Waals surface area (Å²) in [5.41, 5.74) is 0. The number of hydrogen-bond acceptors (Lipinski definition) is 1. The normalized spacial score (nSPS) is 10.9. The van der Waals surface area contributed by atoms with E-state index in [-0.39, 0.29) is 0 Å². The number of hydrogen-bond donors (Lipinski definition) is 0. The molecule has 0 N–H and O–H groups in total. The van der Waals surface area contributed by atoms with Crippen molar-refractivity contribution in [2.75, 3.05) is 13.2 Å². The molecular formula is C15H31O. The second-order valence-electron chi connectivity index (χ2n) is 4.59. The summed E-state index contributed by atoms with van der Waals surface area (Å²) in [4.78, 5) is 0. The van der Waals surface area contributed by atoms with E-state index in [1.165, 1.54) is 64.2 Å². The number of ether oxygens (including phenoxy) is 1. The maximum atomic E-state index is 5.31. The highest BCUT2D eigenvalue weighted by atomic mass is 16.5. The molecule has 97 valence electrons. The van der Waals surface area contributed by atoms with E-state index in [0.717, 1.165) is 19.6 Å². The minimum atomic E-state index is 0.868. The fourth-order valence-corrected chi connectivity index (χ4v) is 1.94. The van der Waals surface area contributed by atoms with Crippen LogP contribution in [0.1, 0.15) is 77.6 Å². The molecule has 0 aromatic carbocycles. The quantitative estimate of drug-likeness (QED) is 0.395. The summed E-state index contributed by atoms with van der Waals surface area (Å²) in [6.07, 6.45) is 14.9. The fraction of sp³-hybridized carbons (Fsp3) is 0.933. The summed E-state index contributed by atoms with van der Waals surface area (Å²) >= 11 is 0. The van der Waals surface area contributed by atoms with Gasteiger partial charge < -0.3 is 4.74 Å². The van der Waals surface area contributed by atoms with Crippen LogP contribution < -0.4 is 0 Å². The van der Waals surface area contributed by atoms with Crippen LogP contribution in [0.25, 0.3) is 0 Å². The second-order valence-corrected chi connectivity index (χ2v) is 4.59. The molecule has 0 bridgehead atoms. The molecule has 0 aromatic heterocycles. The molecule has 0 aliphatic heterocycles. The molecule has 1 heteroatoms. The Labute approximate surface area is 103 Å². The Hall–Kier alpha value is -0.0400. The van der Waals surface area contributed by atoms with Crippen molar-refractivity contribution in [3.8, 4) is 0 Å². The standard InChI is InChI=1S/C15H31O/c1-3-5-6-7-8-9-10-11-12-13-14-15-16-4-2/h1,3-15H2,2H3. The molecule has 0 aliphatic rings. The van der Waals surface area contributed by atoms with Gasteiger partial charge in [-0.05, 0) is 13.3 Å². The Kier molecular flexibility index (Phi) is 14.9. The molecule has 0 amide bonds. The van der Waals surface area contributed by atoms with E-state index >= 15 is 0 Å². The molecule has 0 spiro atoms. The number of rotatable bonds is 13. The first kappa shape index (κ1) is 16.0. The van der Waals surface area contributed by atoms with Gasteiger partial charge in [-0.2, -0.15) is 0 Å². The molecule has 0 heterocycles. The van der Waals surface area contributed by atoms with Gasteiger partial charge in [0.05, 0.1) is 0 Å². The van der Waals surface area contributed by atoms with Crippen LogP contribution >= 0.6 is 0 Å². The van der Waals surface area contributed by atoms with Crippen LogP contribution in [-0.2, 0) is 4.74 Å². The molecule has 1 radical (unpaired) electrons. The zero-order valence-electron chi connectivity index (χ0n) is 11.3. The third-order valence-electron chi connectivity index (χ3n) is 2.99. The molecule has 0 aromatic rings. The molecule has 0 unspecified atom stereocenters. The molecular weight excluding hydrogens is 196 g/mol. The Bertz CT molecular complexity index is 98.0. The van der Waals surface area contributed by atoms with Crippen molar-refractivity contribution in [1.82, 2.24) is 0 Å². The minimum absolute atomic E-state index is 0.868. The van der Waals surface area contributed by atoms with Crippen LogP contribution in [0.4, 0.5) is 0 Å². The van der Waals surface area contributed by atoms with Crippen molar-refractivity contribution in [2.24, 2.45) is 0 Å². The molecule has 16 heavy (non-hydrogen) atoms. The highest BCUT2D eigenvalue weighted by molar-refractivity contribution is 4.48. The van der Waals surface area contributed by atoms with Crippen LogP contribution in [0.2, 0.25) is 0 Å². The third-order valence-corrected chi connectivity index (χ3v) is 2.99. The summed E-state index contributed by atoms with van der Waals surface area (Å²) in [7, 11) is 0. The summed E-state index contributed by atoms with van der Waals surface area (Å²) < 4.78 is 5.31. The van der Waals surface area contributed by atoms with Gasteiger partial charge in [-0.1, -0.05) is 71.1 Å². The molecule has 0 fully saturated rings. The van der Waals surface area contributed by atoms with Crippen LogP contribution in [0, 0.1) is 6.92 Å². The Morgan fingerprint density at radius 1 is 0.688 bits per heavy atom. The van der Waals surface area contributed by atoms with E-state index in [2.05, 4.69) is 13.8 Å². The minimum Gasteiger partial charge on any atom is -0.382 e. The Morgan fingerprint density at radius 3 is 1.56 bits per heavy atom. The van der Waals surface area contributed by atoms with Gasteiger partial charge in [0.2, 0.25) is 0 Å². The predicted molar refractivity (Wildman–Crippen MR) is 72.6 cm³/mol. The van der Waals surface area contributed by atoms with Crippen LogP contribution in [0.3, 0.4) is 0 Å². The van der Waals surface area contributed by atoms with E-state index < -0.39 is 0 Å². The maximum Gasteiger partial charge on any atom is 0.0465 e. The molecule has 0 aliphatic carbocycles. The summed E-state index contributed by atoms with van der Waals surface area (Å²) in [6.45, 7) is 7.76. The first-order chi connectivity index (χ1) is 7.91. The van der Waals surface area contributed by atoms with E-state index in [1.54, 1.807) is 0 Å². The zero-order valence-corrected chi connectivity index (χ0v) is 11.3. The van der Waals surface area contributed by atoms with Gasteiger partial charge in [-0.3, -0.25) is 0 Å². The summed E-state index contributed by atoms with van der Waals surface area (Å²) in [5.74, 6) is 0. The first-order valence-electron chi connectivity index (χ1n) is 7.28. The SMILES string of the molecule is [CH2]CCCCCCCCCCCCOCC. The Morgan fingerprint density at radius 2 is 1.12 bits per heavy atom. The summed E-state index contributed by atoms with van der Waals surface area (Å²) in [6, 6.07) is 0. The fourth-order valence-electron chi connectivity index (χ4n) is 1.94. The molecule has 0 rings (SSSR count). The second kappa shape index (κ2) is 15.0. The van der Waals surface area contributed by atoms with Crippen molar-refractivity contribution >= 4 is 0 Å². The van der Waals surface area contributed by atoms with Gasteiger partial charge in [0.15, 0.2) is 0 Å². The smallest absolute Gasteiger partial charge is 0.0465 e. The average Bonchev–Trinajstić information content (AvgIpc) is 2.31.